The van der Waals surface area contributed by atoms with E-state index in [2.05, 4.69) is 5.32 Å². The smallest absolute Gasteiger partial charge is 0.253 e. The Kier molecular flexibility index (Phi) is 5.25. The van der Waals surface area contributed by atoms with Crippen molar-refractivity contribution in [2.45, 2.75) is 43.8 Å². The lowest BCUT2D eigenvalue weighted by molar-refractivity contribution is -0.128. The molecule has 6 heteroatoms. The molecule has 1 amide bonds. The molecule has 136 valence electrons. The first-order valence-corrected chi connectivity index (χ1v) is 8.68. The van der Waals surface area contributed by atoms with Gasteiger partial charge in [0.05, 0.1) is 12.7 Å². The number of benzene rings is 1. The van der Waals surface area contributed by atoms with Gasteiger partial charge in [0.15, 0.2) is 0 Å². The first kappa shape index (κ1) is 18.1. The number of piperidine rings is 1. The van der Waals surface area contributed by atoms with Gasteiger partial charge in [-0.25, -0.2) is 0 Å². The molecule has 0 aromatic heterocycles. The van der Waals surface area contributed by atoms with Gasteiger partial charge in [0.2, 0.25) is 0 Å². The Morgan fingerprint density at radius 3 is 2.68 bits per heavy atom. The second-order valence-electron chi connectivity index (χ2n) is 7.04. The van der Waals surface area contributed by atoms with Crippen LogP contribution in [0.4, 0.5) is 0 Å². The summed E-state index contributed by atoms with van der Waals surface area (Å²) in [4.78, 5) is 14.8. The molecule has 2 unspecified atom stereocenters. The maximum Gasteiger partial charge on any atom is 0.253 e. The van der Waals surface area contributed by atoms with Gasteiger partial charge in [-0.15, -0.1) is 12.4 Å². The van der Waals surface area contributed by atoms with Crippen LogP contribution in [-0.4, -0.2) is 49.7 Å². The quantitative estimate of drug-likeness (QED) is 0.895. The molecule has 4 rings (SSSR count). The lowest BCUT2D eigenvalue weighted by Gasteiger charge is -2.36. The number of carbonyl (C=O) groups is 1. The first-order chi connectivity index (χ1) is 11.6. The van der Waals surface area contributed by atoms with Crippen molar-refractivity contribution in [3.8, 4) is 11.5 Å². The van der Waals surface area contributed by atoms with Crippen molar-refractivity contribution >= 4 is 24.4 Å². The highest BCUT2D eigenvalue weighted by Crippen LogP contribution is 2.32. The minimum atomic E-state index is 0. The highest BCUT2D eigenvalue weighted by molar-refractivity contribution is 5.99. The van der Waals surface area contributed by atoms with Crippen LogP contribution in [0.5, 0.6) is 11.5 Å². The Balaban J connectivity index is 0.00000182. The molecule has 1 aromatic carbocycles. The summed E-state index contributed by atoms with van der Waals surface area (Å²) >= 11 is 0. The summed E-state index contributed by atoms with van der Waals surface area (Å²) < 4.78 is 11.0. The molecule has 0 saturated carbocycles. The topological polar surface area (TPSA) is 50.8 Å². The summed E-state index contributed by atoms with van der Waals surface area (Å²) in [7, 11) is 3.57. The molecule has 2 bridgehead atoms. The highest BCUT2D eigenvalue weighted by Gasteiger charge is 2.37. The predicted molar refractivity (Wildman–Crippen MR) is 99.5 cm³/mol. The standard InChI is InChI=1S/C19H24N2O3.ClH/c1-21(16-9-14-3-4-15(10-16)20-14)19(22)13-7-12-8-17(23-2)5-6-18(12)24-11-13;/h5-8,14-16,20H,3-4,9-11H2,1-2H3;1H. The molecule has 1 N–H and O–H groups in total. The molecule has 3 aliphatic heterocycles. The van der Waals surface area contributed by atoms with E-state index in [0.29, 0.717) is 30.3 Å². The maximum absolute atomic E-state index is 12.9. The molecule has 2 atom stereocenters. The number of halogens is 1. The fourth-order valence-corrected chi connectivity index (χ4v) is 4.14. The zero-order valence-corrected chi connectivity index (χ0v) is 15.5. The van der Waals surface area contributed by atoms with Crippen LogP contribution in [0.15, 0.2) is 23.8 Å². The van der Waals surface area contributed by atoms with Crippen LogP contribution in [0.25, 0.3) is 6.08 Å². The Bertz CT molecular complexity index is 679. The van der Waals surface area contributed by atoms with Gasteiger partial charge in [0, 0.05) is 30.7 Å². The van der Waals surface area contributed by atoms with Crippen molar-refractivity contribution in [2.24, 2.45) is 0 Å². The van der Waals surface area contributed by atoms with Gasteiger partial charge in [-0.2, -0.15) is 0 Å². The van der Waals surface area contributed by atoms with Crippen LogP contribution in [-0.2, 0) is 4.79 Å². The average Bonchev–Trinajstić information content (AvgIpc) is 2.97. The van der Waals surface area contributed by atoms with E-state index in [1.807, 2.05) is 36.2 Å². The van der Waals surface area contributed by atoms with Crippen LogP contribution >= 0.6 is 12.4 Å². The van der Waals surface area contributed by atoms with Gasteiger partial charge in [-0.3, -0.25) is 4.79 Å². The molecule has 2 fully saturated rings. The lowest BCUT2D eigenvalue weighted by atomic mass is 9.97. The van der Waals surface area contributed by atoms with Crippen molar-refractivity contribution in [2.75, 3.05) is 20.8 Å². The van der Waals surface area contributed by atoms with Gasteiger partial charge < -0.3 is 19.7 Å². The van der Waals surface area contributed by atoms with Crippen molar-refractivity contribution in [3.63, 3.8) is 0 Å². The summed E-state index contributed by atoms with van der Waals surface area (Å²) in [5.74, 6) is 1.65. The average molecular weight is 365 g/mol. The summed E-state index contributed by atoms with van der Waals surface area (Å²) in [6, 6.07) is 7.14. The van der Waals surface area contributed by atoms with E-state index in [-0.39, 0.29) is 18.3 Å². The van der Waals surface area contributed by atoms with Gasteiger partial charge in [-0.05, 0) is 50.0 Å². The maximum atomic E-state index is 12.9. The van der Waals surface area contributed by atoms with Crippen LogP contribution in [0.1, 0.15) is 31.2 Å². The van der Waals surface area contributed by atoms with Crippen molar-refractivity contribution in [3.05, 3.63) is 29.3 Å². The van der Waals surface area contributed by atoms with E-state index in [9.17, 15) is 4.79 Å². The number of nitrogens with zero attached hydrogens (tertiary/aromatic N) is 1. The number of likely N-dealkylation sites (N-methyl/N-ethyl adjacent to an activating group) is 1. The number of hydrogen-bond donors (Lipinski definition) is 1. The molecule has 3 aliphatic rings. The Morgan fingerprint density at radius 2 is 2.00 bits per heavy atom. The summed E-state index contributed by atoms with van der Waals surface area (Å²) in [5, 5.41) is 3.63. The Hall–Kier alpha value is -1.72. The molecular formula is C19H25ClN2O3. The Morgan fingerprint density at radius 1 is 1.28 bits per heavy atom. The van der Waals surface area contributed by atoms with Crippen LogP contribution in [0.3, 0.4) is 0 Å². The normalized spacial score (nSPS) is 26.6. The number of amides is 1. The number of ether oxygens (including phenoxy) is 2. The second-order valence-corrected chi connectivity index (χ2v) is 7.04. The third kappa shape index (κ3) is 3.48. The lowest BCUT2D eigenvalue weighted by Crippen LogP contribution is -2.49. The molecule has 3 heterocycles. The predicted octanol–water partition coefficient (Wildman–Crippen LogP) is 2.63. The molecule has 0 aliphatic carbocycles. The molecule has 0 radical (unpaired) electrons. The van der Waals surface area contributed by atoms with Crippen LogP contribution < -0.4 is 14.8 Å². The fourth-order valence-electron chi connectivity index (χ4n) is 4.14. The molecule has 1 aromatic rings. The fraction of sp³-hybridized carbons (Fsp3) is 0.526. The first-order valence-electron chi connectivity index (χ1n) is 8.68. The molecule has 25 heavy (non-hydrogen) atoms. The molecule has 5 nitrogen and oxygen atoms in total. The van der Waals surface area contributed by atoms with Gasteiger partial charge >= 0.3 is 0 Å². The minimum absolute atomic E-state index is 0. The van der Waals surface area contributed by atoms with E-state index < -0.39 is 0 Å². The number of carbonyl (C=O) groups excluding carboxylic acids is 1. The largest absolute Gasteiger partial charge is 0.497 e. The third-order valence-electron chi connectivity index (χ3n) is 5.52. The molecule has 0 spiro atoms. The molecular weight excluding hydrogens is 340 g/mol. The summed E-state index contributed by atoms with van der Waals surface area (Å²) in [6.45, 7) is 0.334. The van der Waals surface area contributed by atoms with Gasteiger partial charge in [0.25, 0.3) is 5.91 Å². The second kappa shape index (κ2) is 7.26. The van der Waals surface area contributed by atoms with E-state index in [4.69, 9.17) is 9.47 Å². The van der Waals surface area contributed by atoms with E-state index in [1.54, 1.807) is 7.11 Å². The summed E-state index contributed by atoms with van der Waals surface area (Å²) in [6.07, 6.45) is 6.52. The highest BCUT2D eigenvalue weighted by atomic mass is 35.5. The van der Waals surface area contributed by atoms with Crippen LogP contribution in [0.2, 0.25) is 0 Å². The van der Waals surface area contributed by atoms with E-state index >= 15 is 0 Å². The number of rotatable bonds is 3. The SMILES string of the molecule is COc1ccc2c(c1)C=C(C(=O)N(C)C1CC3CCC(C1)N3)CO2.Cl. The zero-order chi connectivity index (χ0) is 16.7. The van der Waals surface area contributed by atoms with Crippen LogP contribution in [0, 0.1) is 0 Å². The van der Waals surface area contributed by atoms with Gasteiger partial charge in [0.1, 0.15) is 18.1 Å². The van der Waals surface area contributed by atoms with Crippen molar-refractivity contribution in [1.29, 1.82) is 0 Å². The number of methoxy groups -OCH3 is 1. The molecule has 2 saturated heterocycles. The zero-order valence-electron chi connectivity index (χ0n) is 14.7. The van der Waals surface area contributed by atoms with E-state index in [0.717, 1.165) is 29.9 Å². The monoisotopic (exact) mass is 364 g/mol. The van der Waals surface area contributed by atoms with Crippen molar-refractivity contribution in [1.82, 2.24) is 10.2 Å². The van der Waals surface area contributed by atoms with E-state index in [1.165, 1.54) is 12.8 Å². The number of fused-ring (bicyclic) bond motifs is 3. The number of nitrogens with one attached hydrogen (secondary N) is 1. The van der Waals surface area contributed by atoms with Crippen molar-refractivity contribution < 1.29 is 14.3 Å². The third-order valence-corrected chi connectivity index (χ3v) is 5.52. The summed E-state index contributed by atoms with van der Waals surface area (Å²) in [5.41, 5.74) is 1.62. The van der Waals surface area contributed by atoms with Gasteiger partial charge in [-0.1, -0.05) is 0 Å². The number of hydrogen-bond acceptors (Lipinski definition) is 4. The Labute approximate surface area is 154 Å². The minimum Gasteiger partial charge on any atom is -0.497 e.